The van der Waals surface area contributed by atoms with Gasteiger partial charge in [0.1, 0.15) is 5.82 Å². The van der Waals surface area contributed by atoms with Crippen molar-refractivity contribution in [2.75, 3.05) is 5.32 Å². The van der Waals surface area contributed by atoms with Gasteiger partial charge in [-0.1, -0.05) is 39.8 Å². The molecule has 136 valence electrons. The van der Waals surface area contributed by atoms with Crippen molar-refractivity contribution >= 4 is 24.0 Å². The van der Waals surface area contributed by atoms with E-state index in [9.17, 15) is 9.59 Å². The molecule has 7 heteroatoms. The van der Waals surface area contributed by atoms with Gasteiger partial charge in [0, 0.05) is 23.0 Å². The number of rotatable bonds is 4. The smallest absolute Gasteiger partial charge is 0.251 e. The van der Waals surface area contributed by atoms with Crippen LogP contribution in [-0.4, -0.2) is 21.9 Å². The highest BCUT2D eigenvalue weighted by atomic mass is 35.5. The van der Waals surface area contributed by atoms with E-state index in [-0.39, 0.29) is 29.3 Å². The molecule has 0 aliphatic rings. The van der Waals surface area contributed by atoms with Gasteiger partial charge in [-0.3, -0.25) is 9.59 Å². The van der Waals surface area contributed by atoms with Crippen LogP contribution in [-0.2, 0) is 11.2 Å². The Bertz CT molecular complexity index is 796. The number of hydrogen-bond donors (Lipinski definition) is 3. The number of nitrogens with zero attached hydrogens (tertiary/aromatic N) is 1. The molecule has 0 saturated heterocycles. The zero-order valence-corrected chi connectivity index (χ0v) is 15.7. The van der Waals surface area contributed by atoms with Crippen molar-refractivity contribution in [3.05, 3.63) is 46.4 Å². The van der Waals surface area contributed by atoms with Crippen molar-refractivity contribution < 1.29 is 4.79 Å². The van der Waals surface area contributed by atoms with Gasteiger partial charge >= 0.3 is 0 Å². The Hall–Kier alpha value is -2.18. The summed E-state index contributed by atoms with van der Waals surface area (Å²) in [6, 6.07) is 8.03. The molecule has 1 heterocycles. The number of benzene rings is 1. The lowest BCUT2D eigenvalue weighted by molar-refractivity contribution is -0.119. The number of nitrogens with two attached hydrogens (primary N) is 1. The minimum absolute atomic E-state index is 0. The van der Waals surface area contributed by atoms with Crippen molar-refractivity contribution in [2.45, 2.75) is 40.2 Å². The number of H-pyrrole nitrogens is 1. The number of aromatic nitrogens is 2. The number of carbonyl (C=O) groups excluding carboxylic acids is 1. The number of halogens is 1. The third kappa shape index (κ3) is 5.41. The summed E-state index contributed by atoms with van der Waals surface area (Å²) in [6.07, 6.45) is 0.674. The minimum atomic E-state index is -0.623. The first kappa shape index (κ1) is 20.9. The van der Waals surface area contributed by atoms with Crippen LogP contribution < -0.4 is 16.6 Å². The molecule has 1 atom stereocenters. The first-order valence-electron chi connectivity index (χ1n) is 7.98. The molecule has 2 aromatic rings. The monoisotopic (exact) mass is 364 g/mol. The maximum Gasteiger partial charge on any atom is 0.251 e. The Morgan fingerprint density at radius 2 is 2.00 bits per heavy atom. The van der Waals surface area contributed by atoms with Crippen molar-refractivity contribution in [3.8, 4) is 11.4 Å². The van der Waals surface area contributed by atoms with E-state index in [1.54, 1.807) is 18.2 Å². The minimum Gasteiger partial charge on any atom is -0.325 e. The first-order chi connectivity index (χ1) is 11.2. The highest BCUT2D eigenvalue weighted by Gasteiger charge is 2.27. The summed E-state index contributed by atoms with van der Waals surface area (Å²) in [5.41, 5.74) is 7.51. The fourth-order valence-corrected chi connectivity index (χ4v) is 2.18. The Morgan fingerprint density at radius 1 is 1.32 bits per heavy atom. The summed E-state index contributed by atoms with van der Waals surface area (Å²) in [5.74, 6) is 0.235. The maximum atomic E-state index is 12.3. The van der Waals surface area contributed by atoms with E-state index in [2.05, 4.69) is 15.3 Å². The van der Waals surface area contributed by atoms with Gasteiger partial charge in [0.25, 0.3) is 5.56 Å². The van der Waals surface area contributed by atoms with Crippen molar-refractivity contribution in [2.24, 2.45) is 11.1 Å². The maximum absolute atomic E-state index is 12.3. The Morgan fingerprint density at radius 3 is 2.60 bits per heavy atom. The first-order valence-corrected chi connectivity index (χ1v) is 7.98. The molecule has 0 radical (unpaired) electrons. The molecule has 25 heavy (non-hydrogen) atoms. The van der Waals surface area contributed by atoms with Gasteiger partial charge in [0.05, 0.1) is 6.04 Å². The molecule has 0 fully saturated rings. The van der Waals surface area contributed by atoms with E-state index >= 15 is 0 Å². The summed E-state index contributed by atoms with van der Waals surface area (Å²) in [6.45, 7) is 7.69. The van der Waals surface area contributed by atoms with Gasteiger partial charge in [-0.15, -0.1) is 12.4 Å². The molecule has 0 aliphatic carbocycles. The standard InChI is InChI=1S/C18H24N4O2.ClH/c1-5-12-10-14(23)22-16(20-12)11-7-6-8-13(9-11)21-17(24)15(19)18(2,3)4;/h6-10,15H,5,19H2,1-4H3,(H,21,24)(H,20,22,23);1H/t15-;/m1./s1. The van der Waals surface area contributed by atoms with Crippen molar-refractivity contribution in [1.82, 2.24) is 9.97 Å². The van der Waals surface area contributed by atoms with E-state index in [0.29, 0.717) is 17.9 Å². The fourth-order valence-electron chi connectivity index (χ4n) is 2.18. The predicted octanol–water partition coefficient (Wildman–Crippen LogP) is 2.73. The Kier molecular flexibility index (Phi) is 6.90. The average Bonchev–Trinajstić information content (AvgIpc) is 2.52. The van der Waals surface area contributed by atoms with Crippen molar-refractivity contribution in [3.63, 3.8) is 0 Å². The van der Waals surface area contributed by atoms with Crippen LogP contribution in [0.15, 0.2) is 35.1 Å². The summed E-state index contributed by atoms with van der Waals surface area (Å²) in [7, 11) is 0. The number of aromatic amines is 1. The molecule has 0 bridgehead atoms. The Balaban J connectivity index is 0.00000312. The SMILES string of the molecule is CCc1cc(=O)[nH]c(-c2cccc(NC(=O)[C@@H](N)C(C)(C)C)c2)n1.Cl. The van der Waals surface area contributed by atoms with E-state index in [1.165, 1.54) is 6.07 Å². The molecular formula is C18H25ClN4O2. The van der Waals surface area contributed by atoms with Gasteiger partial charge in [-0.05, 0) is 24.0 Å². The third-order valence-electron chi connectivity index (χ3n) is 3.78. The van der Waals surface area contributed by atoms with Crippen LogP contribution in [0, 0.1) is 5.41 Å². The lowest BCUT2D eigenvalue weighted by Crippen LogP contribution is -2.45. The lowest BCUT2D eigenvalue weighted by Gasteiger charge is -2.25. The van der Waals surface area contributed by atoms with Crippen LogP contribution in [0.4, 0.5) is 5.69 Å². The van der Waals surface area contributed by atoms with Gasteiger partial charge < -0.3 is 16.0 Å². The number of hydrogen-bond acceptors (Lipinski definition) is 4. The van der Waals surface area contributed by atoms with Crippen LogP contribution in [0.3, 0.4) is 0 Å². The second kappa shape index (κ2) is 8.27. The number of aryl methyl sites for hydroxylation is 1. The second-order valence-corrected chi connectivity index (χ2v) is 6.85. The summed E-state index contributed by atoms with van der Waals surface area (Å²) in [4.78, 5) is 31.1. The molecule has 6 nitrogen and oxygen atoms in total. The number of carbonyl (C=O) groups is 1. The number of anilines is 1. The molecule has 4 N–H and O–H groups in total. The third-order valence-corrected chi connectivity index (χ3v) is 3.78. The van der Waals surface area contributed by atoms with E-state index in [1.807, 2.05) is 33.8 Å². The van der Waals surface area contributed by atoms with Gasteiger partial charge in [-0.2, -0.15) is 0 Å². The average molecular weight is 365 g/mol. The summed E-state index contributed by atoms with van der Waals surface area (Å²) >= 11 is 0. The quantitative estimate of drug-likeness (QED) is 0.776. The topological polar surface area (TPSA) is 101 Å². The van der Waals surface area contributed by atoms with Crippen LogP contribution in [0.1, 0.15) is 33.4 Å². The molecule has 0 aliphatic heterocycles. The number of amides is 1. The molecule has 2 rings (SSSR count). The van der Waals surface area contributed by atoms with E-state index in [0.717, 1.165) is 11.3 Å². The van der Waals surface area contributed by atoms with Gasteiger partial charge in [0.15, 0.2) is 0 Å². The van der Waals surface area contributed by atoms with Crippen LogP contribution >= 0.6 is 12.4 Å². The highest BCUT2D eigenvalue weighted by molar-refractivity contribution is 5.95. The highest BCUT2D eigenvalue weighted by Crippen LogP contribution is 2.21. The second-order valence-electron chi connectivity index (χ2n) is 6.85. The molecule has 0 saturated carbocycles. The van der Waals surface area contributed by atoms with Crippen LogP contribution in [0.5, 0.6) is 0 Å². The normalized spacial score (nSPS) is 12.2. The van der Waals surface area contributed by atoms with Crippen LogP contribution in [0.25, 0.3) is 11.4 Å². The van der Waals surface area contributed by atoms with Gasteiger partial charge in [-0.25, -0.2) is 4.98 Å². The molecule has 1 aromatic carbocycles. The number of nitrogens with one attached hydrogen (secondary N) is 2. The zero-order chi connectivity index (χ0) is 17.9. The molecule has 1 amide bonds. The lowest BCUT2D eigenvalue weighted by atomic mass is 9.87. The molecule has 0 spiro atoms. The largest absolute Gasteiger partial charge is 0.325 e. The molecule has 1 aromatic heterocycles. The molecule has 0 unspecified atom stereocenters. The van der Waals surface area contributed by atoms with Crippen LogP contribution in [0.2, 0.25) is 0 Å². The van der Waals surface area contributed by atoms with Crippen molar-refractivity contribution in [1.29, 1.82) is 0 Å². The summed E-state index contributed by atoms with van der Waals surface area (Å²) in [5, 5.41) is 2.82. The fraction of sp³-hybridized carbons (Fsp3) is 0.389. The van der Waals surface area contributed by atoms with E-state index < -0.39 is 6.04 Å². The van der Waals surface area contributed by atoms with E-state index in [4.69, 9.17) is 5.73 Å². The Labute approximate surface area is 153 Å². The molecular weight excluding hydrogens is 340 g/mol. The zero-order valence-electron chi connectivity index (χ0n) is 14.9. The summed E-state index contributed by atoms with van der Waals surface area (Å²) < 4.78 is 0. The predicted molar refractivity (Wildman–Crippen MR) is 103 cm³/mol. The van der Waals surface area contributed by atoms with Gasteiger partial charge in [0.2, 0.25) is 5.91 Å².